The molecule has 9 rings (SSSR count). The van der Waals surface area contributed by atoms with Gasteiger partial charge in [0.25, 0.3) is 0 Å². The largest absolute Gasteiger partial charge is 0.383 e. The molecule has 3 aliphatic rings. The van der Waals surface area contributed by atoms with Crippen LogP contribution in [0.2, 0.25) is 0 Å². The van der Waals surface area contributed by atoms with Crippen molar-refractivity contribution < 1.29 is 0 Å². The lowest BCUT2D eigenvalue weighted by molar-refractivity contribution is 0.967. The molecule has 0 radical (unpaired) electrons. The second-order valence-corrected chi connectivity index (χ2v) is 16.2. The van der Waals surface area contributed by atoms with Gasteiger partial charge in [-0.25, -0.2) is 4.99 Å². The molecule has 0 aromatic heterocycles. The minimum atomic E-state index is 0.106. The number of nitrogens with zero attached hydrogens (tertiary/aromatic N) is 1. The maximum Gasteiger partial charge on any atom is 0.131 e. The van der Waals surface area contributed by atoms with Gasteiger partial charge in [-0.1, -0.05) is 207 Å². The molecule has 0 spiro atoms. The molecule has 0 heterocycles. The van der Waals surface area contributed by atoms with Crippen LogP contribution in [0.15, 0.2) is 211 Å². The Bertz CT molecular complexity index is 2770. The molecule has 0 saturated carbocycles. The van der Waals surface area contributed by atoms with Crippen molar-refractivity contribution in [2.24, 2.45) is 10.7 Å². The van der Waals surface area contributed by atoms with E-state index in [9.17, 15) is 0 Å². The monoisotopic (exact) mass is 788 g/mol. The Labute approximate surface area is 362 Å². The van der Waals surface area contributed by atoms with Gasteiger partial charge >= 0.3 is 0 Å². The number of allylic oxidation sites excluding steroid dienone is 13. The average Bonchev–Trinajstić information content (AvgIpc) is 3.35. The Hall–Kier alpha value is -7.03. The molecule has 1 unspecified atom stereocenters. The summed E-state index contributed by atoms with van der Waals surface area (Å²) >= 11 is 0. The van der Waals surface area contributed by atoms with Crippen LogP contribution in [0, 0.1) is 0 Å². The summed E-state index contributed by atoms with van der Waals surface area (Å²) in [4.78, 5) is 5.08. The van der Waals surface area contributed by atoms with E-state index < -0.39 is 0 Å². The first-order chi connectivity index (χ1) is 30.1. The van der Waals surface area contributed by atoms with E-state index >= 15 is 0 Å². The molecule has 0 saturated heterocycles. The molecule has 0 amide bonds. The number of nitrogens with two attached hydrogens (primary N) is 1. The zero-order chi connectivity index (χ0) is 41.4. The average molecular weight is 789 g/mol. The van der Waals surface area contributed by atoms with Crippen LogP contribution in [0.5, 0.6) is 0 Å². The second kappa shape index (κ2) is 18.5. The van der Waals surface area contributed by atoms with Crippen LogP contribution in [0.3, 0.4) is 0 Å². The van der Waals surface area contributed by atoms with Crippen LogP contribution in [0.1, 0.15) is 90.3 Å². The quantitative estimate of drug-likeness (QED) is 0.103. The fraction of sp³-hybridized carbons (Fsp3) is 0.136. The van der Waals surface area contributed by atoms with Crippen LogP contribution in [0.25, 0.3) is 50.2 Å². The summed E-state index contributed by atoms with van der Waals surface area (Å²) in [6.45, 7) is 2.23. The first-order valence-electron chi connectivity index (χ1n) is 21.9. The van der Waals surface area contributed by atoms with Crippen LogP contribution in [0.4, 0.5) is 0 Å². The number of aliphatic imine (C=N–C) groups is 1. The van der Waals surface area contributed by atoms with Crippen molar-refractivity contribution in [2.45, 2.75) is 51.4 Å². The fourth-order valence-electron chi connectivity index (χ4n) is 8.76. The summed E-state index contributed by atoms with van der Waals surface area (Å²) in [7, 11) is 0. The van der Waals surface area contributed by atoms with E-state index in [0.29, 0.717) is 5.84 Å². The van der Waals surface area contributed by atoms with Gasteiger partial charge in [0.15, 0.2) is 0 Å². The van der Waals surface area contributed by atoms with Gasteiger partial charge in [0.1, 0.15) is 5.84 Å². The predicted octanol–water partition coefficient (Wildman–Crippen LogP) is 15.3. The molecule has 6 aromatic rings. The molecular formula is C59H52N2. The molecular weight excluding hydrogens is 737 g/mol. The molecule has 3 aliphatic carbocycles. The fourth-order valence-corrected chi connectivity index (χ4v) is 8.76. The third-order valence-electron chi connectivity index (χ3n) is 12.1. The number of hydrogen-bond donors (Lipinski definition) is 1. The minimum absolute atomic E-state index is 0.106. The highest BCUT2D eigenvalue weighted by atomic mass is 14.9. The maximum absolute atomic E-state index is 6.69. The lowest BCUT2D eigenvalue weighted by atomic mass is 9.80. The lowest BCUT2D eigenvalue weighted by Gasteiger charge is -2.24. The standard InChI is InChI=1S/C59H52N2/c1-42(43-30-32-45(33-31-43)44-18-6-2-7-19-44)40-58(61-59(60)50-24-12-5-13-25-50)49-36-34-46(35-37-49)51-38-39-56(57(41-51)48-22-10-4-11-23-48)55-29-17-16-28-54(55)53-27-15-14-26-52(53)47-20-8-3-9-21-47/h2,5-8,10,12-15,18-42H,3-4,9,11,16-17H2,1H3,(H2,60,61)/b58-40-. The summed E-state index contributed by atoms with van der Waals surface area (Å²) in [5, 5.41) is 0. The Morgan fingerprint density at radius 1 is 0.475 bits per heavy atom. The molecule has 0 aliphatic heterocycles. The third-order valence-corrected chi connectivity index (χ3v) is 12.1. The SMILES string of the molecule is CC(/C=C(\N=C(N)c1ccccc1)c1ccc(-c2ccc(C3=CCCC=C3c3ccccc3C3=CCCC=C3)c(C3=CCCC=C3)c2)cc1)c1ccc(-c2ccccc2)cc1. The van der Waals surface area contributed by atoms with Crippen LogP contribution in [-0.4, -0.2) is 5.84 Å². The van der Waals surface area contributed by atoms with Crippen molar-refractivity contribution in [1.82, 2.24) is 0 Å². The van der Waals surface area contributed by atoms with E-state index in [2.05, 4.69) is 183 Å². The molecule has 2 nitrogen and oxygen atoms in total. The van der Waals surface area contributed by atoms with Crippen molar-refractivity contribution >= 4 is 33.8 Å². The molecule has 61 heavy (non-hydrogen) atoms. The van der Waals surface area contributed by atoms with Crippen molar-refractivity contribution in [3.05, 3.63) is 245 Å². The Morgan fingerprint density at radius 2 is 0.984 bits per heavy atom. The number of amidine groups is 1. The Kier molecular flexibility index (Phi) is 12.0. The summed E-state index contributed by atoms with van der Waals surface area (Å²) in [5.74, 6) is 0.603. The Balaban J connectivity index is 1.06. The normalized spacial score (nSPS) is 16.0. The third kappa shape index (κ3) is 8.95. The molecule has 298 valence electrons. The molecule has 2 N–H and O–H groups in total. The van der Waals surface area contributed by atoms with Gasteiger partial charge < -0.3 is 5.73 Å². The zero-order valence-electron chi connectivity index (χ0n) is 35.0. The predicted molar refractivity (Wildman–Crippen MR) is 262 cm³/mol. The van der Waals surface area contributed by atoms with Crippen molar-refractivity contribution in [2.75, 3.05) is 0 Å². The van der Waals surface area contributed by atoms with Crippen molar-refractivity contribution in [1.29, 1.82) is 0 Å². The van der Waals surface area contributed by atoms with Crippen LogP contribution >= 0.6 is 0 Å². The summed E-state index contributed by atoms with van der Waals surface area (Å²) in [6, 6.07) is 54.3. The maximum atomic E-state index is 6.69. The molecule has 6 aromatic carbocycles. The highest BCUT2D eigenvalue weighted by Gasteiger charge is 2.21. The van der Waals surface area contributed by atoms with Gasteiger partial charge in [-0.3, -0.25) is 0 Å². The van der Waals surface area contributed by atoms with E-state index in [-0.39, 0.29) is 5.92 Å². The van der Waals surface area contributed by atoms with E-state index in [1.165, 1.54) is 66.8 Å². The Morgan fingerprint density at radius 3 is 1.62 bits per heavy atom. The van der Waals surface area contributed by atoms with E-state index in [1.807, 2.05) is 30.3 Å². The van der Waals surface area contributed by atoms with E-state index in [0.717, 1.165) is 60.9 Å². The number of rotatable bonds is 11. The van der Waals surface area contributed by atoms with E-state index in [4.69, 9.17) is 10.7 Å². The van der Waals surface area contributed by atoms with Gasteiger partial charge in [-0.2, -0.15) is 0 Å². The zero-order valence-corrected chi connectivity index (χ0v) is 35.0. The topological polar surface area (TPSA) is 38.4 Å². The molecule has 2 heteroatoms. The van der Waals surface area contributed by atoms with Gasteiger partial charge in [-0.05, 0) is 123 Å². The molecule has 0 bridgehead atoms. The summed E-state index contributed by atoms with van der Waals surface area (Å²) < 4.78 is 0. The van der Waals surface area contributed by atoms with Gasteiger partial charge in [0.05, 0.1) is 5.70 Å². The smallest absolute Gasteiger partial charge is 0.131 e. The number of hydrogen-bond acceptors (Lipinski definition) is 1. The summed E-state index contributed by atoms with van der Waals surface area (Å²) in [5.41, 5.74) is 25.9. The van der Waals surface area contributed by atoms with Gasteiger partial charge in [-0.15, -0.1) is 0 Å². The summed E-state index contributed by atoms with van der Waals surface area (Å²) in [6.07, 6.45) is 27.6. The highest BCUT2D eigenvalue weighted by molar-refractivity contribution is 6.10. The molecule has 0 fully saturated rings. The van der Waals surface area contributed by atoms with Gasteiger partial charge in [0, 0.05) is 11.5 Å². The second-order valence-electron chi connectivity index (χ2n) is 16.2. The number of benzene rings is 6. The van der Waals surface area contributed by atoms with Crippen molar-refractivity contribution in [3.63, 3.8) is 0 Å². The van der Waals surface area contributed by atoms with Crippen LogP contribution in [-0.2, 0) is 0 Å². The van der Waals surface area contributed by atoms with Crippen molar-refractivity contribution in [3.8, 4) is 22.3 Å². The van der Waals surface area contributed by atoms with Crippen LogP contribution < -0.4 is 5.73 Å². The first kappa shape index (κ1) is 39.4. The highest BCUT2D eigenvalue weighted by Crippen LogP contribution is 2.43. The van der Waals surface area contributed by atoms with E-state index in [1.54, 1.807) is 0 Å². The lowest BCUT2D eigenvalue weighted by Crippen LogP contribution is -2.13. The van der Waals surface area contributed by atoms with Gasteiger partial charge in [0.2, 0.25) is 0 Å². The first-order valence-corrected chi connectivity index (χ1v) is 21.9. The minimum Gasteiger partial charge on any atom is -0.383 e. The molecule has 1 atom stereocenters.